The van der Waals surface area contributed by atoms with Crippen LogP contribution in [0.2, 0.25) is 0 Å². The minimum atomic E-state index is -0.463. The SMILES string of the molecule is COc1ccc(CNCCCc2ccc3cc(C(=O)NO)sc3c2)cc1. The maximum atomic E-state index is 11.5. The lowest BCUT2D eigenvalue weighted by Crippen LogP contribution is -2.16. The first-order valence-corrected chi connectivity index (χ1v) is 9.32. The van der Waals surface area contributed by atoms with Gasteiger partial charge in [0, 0.05) is 11.2 Å². The second-order valence-electron chi connectivity index (χ2n) is 6.05. The number of carbonyl (C=O) groups is 1. The van der Waals surface area contributed by atoms with Gasteiger partial charge in [-0.25, -0.2) is 5.48 Å². The van der Waals surface area contributed by atoms with Crippen molar-refractivity contribution in [2.45, 2.75) is 19.4 Å². The topological polar surface area (TPSA) is 70.6 Å². The van der Waals surface area contributed by atoms with Crippen molar-refractivity contribution in [3.63, 3.8) is 0 Å². The standard InChI is InChI=1S/C20H22N2O3S/c1-25-17-8-5-15(6-9-17)13-21-10-2-3-14-4-7-16-12-19(20(23)22-24)26-18(16)11-14/h4-9,11-12,21,24H,2-3,10,13H2,1H3,(H,22,23). The lowest BCUT2D eigenvalue weighted by molar-refractivity contribution is 0.0711. The van der Waals surface area contributed by atoms with Gasteiger partial charge >= 0.3 is 0 Å². The number of thiophene rings is 1. The molecule has 6 heteroatoms. The summed E-state index contributed by atoms with van der Waals surface area (Å²) in [7, 11) is 1.67. The molecule has 0 spiro atoms. The molecular weight excluding hydrogens is 348 g/mol. The molecule has 5 nitrogen and oxygen atoms in total. The summed E-state index contributed by atoms with van der Waals surface area (Å²) in [6, 6.07) is 16.1. The Morgan fingerprint density at radius 3 is 2.62 bits per heavy atom. The number of fused-ring (bicyclic) bond motifs is 1. The average Bonchev–Trinajstić information content (AvgIpc) is 3.11. The van der Waals surface area contributed by atoms with Gasteiger partial charge in [0.05, 0.1) is 12.0 Å². The zero-order valence-corrected chi connectivity index (χ0v) is 15.4. The van der Waals surface area contributed by atoms with E-state index in [0.29, 0.717) is 4.88 Å². The first-order valence-electron chi connectivity index (χ1n) is 8.50. The van der Waals surface area contributed by atoms with Crippen LogP contribution in [0.3, 0.4) is 0 Å². The summed E-state index contributed by atoms with van der Waals surface area (Å²) in [6.45, 7) is 1.78. The van der Waals surface area contributed by atoms with Crippen molar-refractivity contribution in [1.82, 2.24) is 10.8 Å². The normalized spacial score (nSPS) is 10.8. The summed E-state index contributed by atoms with van der Waals surface area (Å²) in [5, 5.41) is 13.2. The van der Waals surface area contributed by atoms with Crippen LogP contribution in [0.5, 0.6) is 5.75 Å². The number of hydrogen-bond donors (Lipinski definition) is 3. The van der Waals surface area contributed by atoms with E-state index in [0.717, 1.165) is 41.8 Å². The molecule has 0 radical (unpaired) electrons. The van der Waals surface area contributed by atoms with E-state index in [1.807, 2.05) is 18.2 Å². The van der Waals surface area contributed by atoms with Crippen LogP contribution in [0.25, 0.3) is 10.1 Å². The van der Waals surface area contributed by atoms with E-state index in [4.69, 9.17) is 9.94 Å². The Balaban J connectivity index is 1.47. The maximum absolute atomic E-state index is 11.5. The van der Waals surface area contributed by atoms with E-state index in [1.165, 1.54) is 22.5 Å². The minimum Gasteiger partial charge on any atom is -0.497 e. The number of amides is 1. The van der Waals surface area contributed by atoms with Crippen molar-refractivity contribution in [3.8, 4) is 5.75 Å². The van der Waals surface area contributed by atoms with Gasteiger partial charge in [0.25, 0.3) is 5.91 Å². The molecule has 0 bridgehead atoms. The second-order valence-corrected chi connectivity index (χ2v) is 7.14. The largest absolute Gasteiger partial charge is 0.497 e. The van der Waals surface area contributed by atoms with Crippen molar-refractivity contribution in [2.75, 3.05) is 13.7 Å². The number of hydrogen-bond acceptors (Lipinski definition) is 5. The summed E-state index contributed by atoms with van der Waals surface area (Å²) in [4.78, 5) is 12.0. The van der Waals surface area contributed by atoms with Gasteiger partial charge < -0.3 is 10.1 Å². The summed E-state index contributed by atoms with van der Waals surface area (Å²) >= 11 is 1.39. The summed E-state index contributed by atoms with van der Waals surface area (Å²) < 4.78 is 6.22. The van der Waals surface area contributed by atoms with E-state index in [-0.39, 0.29) is 0 Å². The predicted octanol–water partition coefficient (Wildman–Crippen LogP) is 3.75. The Hall–Kier alpha value is -2.41. The molecule has 0 aliphatic heterocycles. The summed E-state index contributed by atoms with van der Waals surface area (Å²) in [5.74, 6) is 0.410. The third kappa shape index (κ3) is 4.60. The third-order valence-electron chi connectivity index (χ3n) is 4.22. The van der Waals surface area contributed by atoms with E-state index in [9.17, 15) is 4.79 Å². The lowest BCUT2D eigenvalue weighted by atomic mass is 10.1. The minimum absolute atomic E-state index is 0.463. The van der Waals surface area contributed by atoms with Crippen LogP contribution in [0, 0.1) is 0 Å². The first kappa shape index (κ1) is 18.4. The second kappa shape index (κ2) is 8.80. The van der Waals surface area contributed by atoms with Crippen LogP contribution in [-0.2, 0) is 13.0 Å². The fraction of sp³-hybridized carbons (Fsp3) is 0.250. The van der Waals surface area contributed by atoms with Gasteiger partial charge in [-0.1, -0.05) is 24.3 Å². The molecule has 0 atom stereocenters. The third-order valence-corrected chi connectivity index (χ3v) is 5.31. The highest BCUT2D eigenvalue weighted by atomic mass is 32.1. The molecule has 1 amide bonds. The molecule has 1 heterocycles. The van der Waals surface area contributed by atoms with Crippen LogP contribution >= 0.6 is 11.3 Å². The molecule has 0 aliphatic rings. The van der Waals surface area contributed by atoms with Crippen molar-refractivity contribution in [3.05, 3.63) is 64.5 Å². The maximum Gasteiger partial charge on any atom is 0.284 e. The smallest absolute Gasteiger partial charge is 0.284 e. The van der Waals surface area contributed by atoms with Gasteiger partial charge in [0.1, 0.15) is 5.75 Å². The molecule has 136 valence electrons. The van der Waals surface area contributed by atoms with E-state index >= 15 is 0 Å². The Morgan fingerprint density at radius 2 is 1.88 bits per heavy atom. The molecule has 3 aromatic rings. The van der Waals surface area contributed by atoms with Crippen molar-refractivity contribution in [1.29, 1.82) is 0 Å². The molecule has 0 saturated heterocycles. The zero-order chi connectivity index (χ0) is 18.4. The monoisotopic (exact) mass is 370 g/mol. The molecule has 3 N–H and O–H groups in total. The van der Waals surface area contributed by atoms with Gasteiger partial charge in [-0.15, -0.1) is 11.3 Å². The van der Waals surface area contributed by atoms with E-state index in [1.54, 1.807) is 18.7 Å². The highest BCUT2D eigenvalue weighted by Crippen LogP contribution is 2.27. The Kier molecular flexibility index (Phi) is 6.22. The van der Waals surface area contributed by atoms with Crippen LogP contribution < -0.4 is 15.5 Å². The number of rotatable bonds is 8. The molecule has 2 aromatic carbocycles. The Morgan fingerprint density at radius 1 is 1.12 bits per heavy atom. The van der Waals surface area contributed by atoms with Crippen molar-refractivity contribution in [2.24, 2.45) is 0 Å². The quantitative estimate of drug-likeness (QED) is 0.321. The van der Waals surface area contributed by atoms with Gasteiger partial charge in [0.2, 0.25) is 0 Å². The van der Waals surface area contributed by atoms with Crippen LogP contribution in [0.1, 0.15) is 27.2 Å². The molecule has 0 unspecified atom stereocenters. The van der Waals surface area contributed by atoms with E-state index in [2.05, 4.69) is 29.6 Å². The summed E-state index contributed by atoms with van der Waals surface area (Å²) in [6.07, 6.45) is 2.02. The van der Waals surface area contributed by atoms with Crippen molar-refractivity contribution < 1.29 is 14.7 Å². The fourth-order valence-electron chi connectivity index (χ4n) is 2.79. The number of nitrogens with one attached hydrogen (secondary N) is 2. The van der Waals surface area contributed by atoms with Gasteiger partial charge in [0.15, 0.2) is 0 Å². The number of methoxy groups -OCH3 is 1. The number of hydroxylamine groups is 1. The van der Waals surface area contributed by atoms with E-state index < -0.39 is 5.91 Å². The predicted molar refractivity (Wildman–Crippen MR) is 104 cm³/mol. The van der Waals surface area contributed by atoms with Gasteiger partial charge in [-0.3, -0.25) is 10.0 Å². The average molecular weight is 370 g/mol. The number of carbonyl (C=O) groups excluding carboxylic acids is 1. The highest BCUT2D eigenvalue weighted by Gasteiger charge is 2.09. The first-order chi connectivity index (χ1) is 12.7. The van der Waals surface area contributed by atoms with Crippen molar-refractivity contribution >= 4 is 27.3 Å². The molecule has 1 aromatic heterocycles. The Bertz CT molecular complexity index is 874. The molecule has 3 rings (SSSR count). The zero-order valence-electron chi connectivity index (χ0n) is 14.6. The van der Waals surface area contributed by atoms with Crippen LogP contribution in [0.4, 0.5) is 0 Å². The highest BCUT2D eigenvalue weighted by molar-refractivity contribution is 7.20. The Labute approximate surface area is 156 Å². The lowest BCUT2D eigenvalue weighted by Gasteiger charge is -2.06. The van der Waals surface area contributed by atoms with Crippen LogP contribution in [0.15, 0.2) is 48.5 Å². The molecular formula is C20H22N2O3S. The summed E-state index contributed by atoms with van der Waals surface area (Å²) in [5.41, 5.74) is 4.17. The van der Waals surface area contributed by atoms with Crippen LogP contribution in [-0.4, -0.2) is 24.8 Å². The number of benzene rings is 2. The fourth-order valence-corrected chi connectivity index (χ4v) is 3.81. The van der Waals surface area contributed by atoms with Gasteiger partial charge in [-0.2, -0.15) is 0 Å². The molecule has 26 heavy (non-hydrogen) atoms. The number of aryl methyl sites for hydroxylation is 1. The number of ether oxygens (including phenoxy) is 1. The van der Waals surface area contributed by atoms with Gasteiger partial charge in [-0.05, 0) is 60.2 Å². The molecule has 0 aliphatic carbocycles. The molecule has 0 fully saturated rings. The molecule has 0 saturated carbocycles.